The molecule has 2 atom stereocenters. The number of hydrogen-bond donors (Lipinski definition) is 1. The molecular weight excluding hydrogens is 228 g/mol. The first-order valence-electron chi connectivity index (χ1n) is 5.23. The highest BCUT2D eigenvalue weighted by Crippen LogP contribution is 2.34. The van der Waals surface area contributed by atoms with E-state index in [0.717, 1.165) is 6.54 Å². The van der Waals surface area contributed by atoms with E-state index < -0.39 is 0 Å². The van der Waals surface area contributed by atoms with E-state index in [0.29, 0.717) is 11.5 Å². The van der Waals surface area contributed by atoms with Crippen molar-refractivity contribution < 1.29 is 4.68 Å². The zero-order valence-electron chi connectivity index (χ0n) is 9.73. The zero-order chi connectivity index (χ0) is 11.0. The molecule has 0 bridgehead atoms. The molecule has 1 N–H and O–H groups in total. The molecule has 0 spiro atoms. The maximum atomic E-state index is 3.55. The molecule has 0 aromatic carbocycles. The Labute approximate surface area is 99.4 Å². The van der Waals surface area contributed by atoms with E-state index in [1.807, 2.05) is 21.6 Å². The molecule has 86 valence electrons. The Kier molecular flexibility index (Phi) is 3.37. The standard InChI is InChI=1S/C9H18N4S2/c1-7-5-6-12(4)13(7)9-10-8(11(2)3)14-15-9/h7-8H,5-6H2,1-4H3/p+1. The van der Waals surface area contributed by atoms with Gasteiger partial charge in [-0.15, -0.1) is 0 Å². The molecule has 2 heterocycles. The Balaban J connectivity index is 2.14. The van der Waals surface area contributed by atoms with Crippen LogP contribution in [0.4, 0.5) is 0 Å². The first-order valence-corrected chi connectivity index (χ1v) is 7.44. The summed E-state index contributed by atoms with van der Waals surface area (Å²) in [4.78, 5) is 2.20. The molecule has 2 aliphatic heterocycles. The van der Waals surface area contributed by atoms with Crippen molar-refractivity contribution in [1.29, 1.82) is 0 Å². The fourth-order valence-corrected chi connectivity index (χ4v) is 4.59. The molecular formula is C9H19N4S2+. The van der Waals surface area contributed by atoms with Crippen LogP contribution in [0.2, 0.25) is 0 Å². The van der Waals surface area contributed by atoms with Crippen molar-refractivity contribution in [2.75, 3.05) is 27.7 Å². The molecule has 2 rings (SSSR count). The lowest BCUT2D eigenvalue weighted by molar-refractivity contribution is -0.684. The Hall–Kier alpha value is -0.0700. The van der Waals surface area contributed by atoms with Crippen molar-refractivity contribution in [3.63, 3.8) is 0 Å². The van der Waals surface area contributed by atoms with E-state index in [-0.39, 0.29) is 0 Å². The maximum Gasteiger partial charge on any atom is 0.342 e. The van der Waals surface area contributed by atoms with Gasteiger partial charge in [-0.25, -0.2) is 5.32 Å². The van der Waals surface area contributed by atoms with Crippen LogP contribution in [-0.2, 0) is 0 Å². The third-order valence-electron chi connectivity index (χ3n) is 2.80. The SMILES string of the molecule is CC1CCN(C)[N+]1=C1NC(N(C)C)SS1. The quantitative estimate of drug-likeness (QED) is 0.546. The molecule has 15 heavy (non-hydrogen) atoms. The zero-order valence-corrected chi connectivity index (χ0v) is 11.4. The summed E-state index contributed by atoms with van der Waals surface area (Å²) in [6.45, 7) is 3.44. The molecule has 6 heteroatoms. The molecule has 0 aliphatic carbocycles. The van der Waals surface area contributed by atoms with Gasteiger partial charge < -0.3 is 0 Å². The van der Waals surface area contributed by atoms with Crippen LogP contribution in [0.5, 0.6) is 0 Å². The van der Waals surface area contributed by atoms with Crippen LogP contribution in [0.1, 0.15) is 13.3 Å². The van der Waals surface area contributed by atoms with Crippen LogP contribution in [0.3, 0.4) is 0 Å². The normalized spacial score (nSPS) is 36.5. The number of nitrogens with zero attached hydrogens (tertiary/aromatic N) is 3. The lowest BCUT2D eigenvalue weighted by Gasteiger charge is -2.16. The van der Waals surface area contributed by atoms with Gasteiger partial charge in [0, 0.05) is 24.3 Å². The lowest BCUT2D eigenvalue weighted by Crippen LogP contribution is -2.43. The van der Waals surface area contributed by atoms with Crippen LogP contribution in [-0.4, -0.2) is 59.0 Å². The molecule has 0 radical (unpaired) electrons. The minimum absolute atomic E-state index is 0.395. The predicted molar refractivity (Wildman–Crippen MR) is 67.8 cm³/mol. The molecule has 4 nitrogen and oxygen atoms in total. The highest BCUT2D eigenvalue weighted by molar-refractivity contribution is 8.83. The van der Waals surface area contributed by atoms with Gasteiger partial charge in [0.2, 0.25) is 5.50 Å². The average Bonchev–Trinajstić information content (AvgIpc) is 2.73. The summed E-state index contributed by atoms with van der Waals surface area (Å²) in [5.74, 6) is 0. The van der Waals surface area contributed by atoms with Gasteiger partial charge in [-0.3, -0.25) is 9.91 Å². The Bertz CT molecular complexity index is 267. The number of hydrogen-bond acceptors (Lipinski definition) is 4. The summed E-state index contributed by atoms with van der Waals surface area (Å²) in [5, 5.41) is 7.13. The molecule has 0 aromatic heterocycles. The van der Waals surface area contributed by atoms with Crippen LogP contribution in [0, 0.1) is 0 Å². The van der Waals surface area contributed by atoms with E-state index in [4.69, 9.17) is 0 Å². The second-order valence-electron chi connectivity index (χ2n) is 4.31. The molecule has 2 aliphatic rings. The van der Waals surface area contributed by atoms with E-state index >= 15 is 0 Å². The first kappa shape index (κ1) is 11.4. The van der Waals surface area contributed by atoms with Gasteiger partial charge in [-0.1, -0.05) is 0 Å². The van der Waals surface area contributed by atoms with Crippen molar-refractivity contribution in [1.82, 2.24) is 15.2 Å². The molecule has 0 amide bonds. The smallest absolute Gasteiger partial charge is 0.262 e. The minimum Gasteiger partial charge on any atom is -0.262 e. The molecule has 0 aromatic rings. The minimum atomic E-state index is 0.395. The number of hydrazone groups is 1. The summed E-state index contributed by atoms with van der Waals surface area (Å²) >= 11 is 0. The van der Waals surface area contributed by atoms with E-state index in [9.17, 15) is 0 Å². The van der Waals surface area contributed by atoms with Gasteiger partial charge in [0.15, 0.2) is 0 Å². The summed E-state index contributed by atoms with van der Waals surface area (Å²) in [6.07, 6.45) is 1.25. The van der Waals surface area contributed by atoms with Gasteiger partial charge in [-0.05, 0) is 31.8 Å². The monoisotopic (exact) mass is 247 g/mol. The number of nitrogens with one attached hydrogen (secondary N) is 1. The second kappa shape index (κ2) is 4.43. The number of rotatable bonds is 1. The average molecular weight is 247 g/mol. The highest BCUT2D eigenvalue weighted by atomic mass is 33.1. The molecule has 2 saturated heterocycles. The summed E-state index contributed by atoms with van der Waals surface area (Å²) in [5.41, 5.74) is 0.395. The van der Waals surface area contributed by atoms with Crippen molar-refractivity contribution in [2.45, 2.75) is 24.9 Å². The predicted octanol–water partition coefficient (Wildman–Crippen LogP) is 0.824. The van der Waals surface area contributed by atoms with Gasteiger partial charge in [0.1, 0.15) is 6.04 Å². The van der Waals surface area contributed by atoms with Crippen molar-refractivity contribution in [2.24, 2.45) is 0 Å². The third kappa shape index (κ3) is 2.21. The van der Waals surface area contributed by atoms with Gasteiger partial charge in [-0.2, -0.15) is 4.68 Å². The second-order valence-corrected chi connectivity index (χ2v) is 6.58. The summed E-state index contributed by atoms with van der Waals surface area (Å²) < 4.78 is 2.38. The van der Waals surface area contributed by atoms with Crippen LogP contribution < -0.4 is 5.32 Å². The first-order chi connectivity index (χ1) is 7.09. The Morgan fingerprint density at radius 2 is 2.27 bits per heavy atom. The topological polar surface area (TPSA) is 21.5 Å². The number of amidine groups is 1. The maximum absolute atomic E-state index is 3.55. The Morgan fingerprint density at radius 3 is 2.73 bits per heavy atom. The fraction of sp³-hybridized carbons (Fsp3) is 0.889. The van der Waals surface area contributed by atoms with Crippen LogP contribution >= 0.6 is 21.6 Å². The Morgan fingerprint density at radius 1 is 1.53 bits per heavy atom. The van der Waals surface area contributed by atoms with Crippen LogP contribution in [0.25, 0.3) is 0 Å². The lowest BCUT2D eigenvalue weighted by atomic mass is 10.3. The van der Waals surface area contributed by atoms with Crippen molar-refractivity contribution in [3.05, 3.63) is 0 Å². The van der Waals surface area contributed by atoms with E-state index in [1.54, 1.807) is 0 Å². The van der Waals surface area contributed by atoms with Crippen LogP contribution in [0.15, 0.2) is 0 Å². The molecule has 2 fully saturated rings. The van der Waals surface area contributed by atoms with E-state index in [2.05, 4.69) is 48.0 Å². The molecule has 2 unspecified atom stereocenters. The van der Waals surface area contributed by atoms with Crippen molar-refractivity contribution >= 4 is 26.8 Å². The van der Waals surface area contributed by atoms with Gasteiger partial charge in [0.25, 0.3) is 0 Å². The molecule has 0 saturated carbocycles. The summed E-state index contributed by atoms with van der Waals surface area (Å²) in [6, 6.07) is 0.617. The van der Waals surface area contributed by atoms with Gasteiger partial charge in [0.05, 0.1) is 6.54 Å². The highest BCUT2D eigenvalue weighted by Gasteiger charge is 2.37. The fourth-order valence-electron chi connectivity index (χ4n) is 1.86. The summed E-state index contributed by atoms with van der Waals surface area (Å²) in [7, 11) is 10.1. The van der Waals surface area contributed by atoms with Gasteiger partial charge >= 0.3 is 5.17 Å². The third-order valence-corrected chi connectivity index (χ3v) is 5.39. The largest absolute Gasteiger partial charge is 0.342 e. The van der Waals surface area contributed by atoms with E-state index in [1.165, 1.54) is 11.6 Å². The number of hydrazine groups is 1. The van der Waals surface area contributed by atoms with Crippen molar-refractivity contribution in [3.8, 4) is 0 Å².